The van der Waals surface area contributed by atoms with Crippen LogP contribution in [0.4, 0.5) is 0 Å². The van der Waals surface area contributed by atoms with Crippen molar-refractivity contribution in [1.29, 1.82) is 5.41 Å². The van der Waals surface area contributed by atoms with Gasteiger partial charge in [0.15, 0.2) is 5.84 Å². The molecule has 0 radical (unpaired) electrons. The maximum Gasteiger partial charge on any atom is 0.283 e. The zero-order valence-corrected chi connectivity index (χ0v) is 20.4. The Labute approximate surface area is 204 Å². The highest BCUT2D eigenvalue weighted by Gasteiger charge is 2.38. The van der Waals surface area contributed by atoms with Gasteiger partial charge in [-0.1, -0.05) is 23.7 Å². The van der Waals surface area contributed by atoms with Gasteiger partial charge in [0, 0.05) is 21.9 Å². The summed E-state index contributed by atoms with van der Waals surface area (Å²) in [6.07, 6.45) is 2.53. The fraction of sp³-hybridized carbons (Fsp3) is 0.143. The van der Waals surface area contributed by atoms with Crippen LogP contribution >= 0.6 is 35.1 Å². The molecule has 0 aromatic heterocycles. The van der Waals surface area contributed by atoms with E-state index in [0.717, 1.165) is 33.7 Å². The minimum Gasteiger partial charge on any atom is -0.493 e. The van der Waals surface area contributed by atoms with Crippen LogP contribution in [-0.4, -0.2) is 53.3 Å². The number of thioether (sulfide) groups is 2. The summed E-state index contributed by atoms with van der Waals surface area (Å²) in [6.45, 7) is 0.516. The summed E-state index contributed by atoms with van der Waals surface area (Å²) < 4.78 is 29.0. The zero-order valence-electron chi connectivity index (χ0n) is 17.2. The Morgan fingerprint density at radius 3 is 2.55 bits per heavy atom. The van der Waals surface area contributed by atoms with E-state index in [2.05, 4.69) is 10.1 Å². The van der Waals surface area contributed by atoms with Crippen LogP contribution in [0.15, 0.2) is 69.1 Å². The number of fused-ring (bicyclic) bond motifs is 1. The van der Waals surface area contributed by atoms with Crippen LogP contribution in [-0.2, 0) is 14.6 Å². The molecule has 1 N–H and O–H groups in total. The Hall–Kier alpha value is -2.60. The number of aliphatic imine (C=N–C) groups is 1. The topological polar surface area (TPSA) is 112 Å². The van der Waals surface area contributed by atoms with Crippen molar-refractivity contribution < 1.29 is 17.9 Å². The van der Waals surface area contributed by atoms with Crippen molar-refractivity contribution in [3.8, 4) is 5.75 Å². The molecular formula is C21H17ClN4O4S3. The molecule has 0 fully saturated rings. The SMILES string of the molecule is CS(=O)(=O)C1=NN2C(=N)/C(=C/c3ccc(OCCSc4ccc(Cl)cc4)cc3)C(=O)N=C2S1. The van der Waals surface area contributed by atoms with Gasteiger partial charge in [0.2, 0.25) is 19.4 Å². The number of amidine groups is 2. The lowest BCUT2D eigenvalue weighted by Gasteiger charge is -2.20. The fourth-order valence-electron chi connectivity index (χ4n) is 2.80. The summed E-state index contributed by atoms with van der Waals surface area (Å²) in [5.74, 6) is 0.597. The van der Waals surface area contributed by atoms with Gasteiger partial charge in [-0.25, -0.2) is 8.42 Å². The van der Waals surface area contributed by atoms with Crippen LogP contribution in [0.3, 0.4) is 0 Å². The van der Waals surface area contributed by atoms with Crippen molar-refractivity contribution in [3.63, 3.8) is 0 Å². The predicted molar refractivity (Wildman–Crippen MR) is 134 cm³/mol. The van der Waals surface area contributed by atoms with Crippen molar-refractivity contribution in [2.45, 2.75) is 4.90 Å². The number of ether oxygens (including phenoxy) is 1. The number of hydrazone groups is 1. The Kier molecular flexibility index (Phi) is 6.94. The Balaban J connectivity index is 1.38. The predicted octanol–water partition coefficient (Wildman–Crippen LogP) is 4.13. The molecule has 2 aliphatic heterocycles. The summed E-state index contributed by atoms with van der Waals surface area (Å²) in [5, 5.41) is 14.0. The largest absolute Gasteiger partial charge is 0.493 e. The first-order valence-electron chi connectivity index (χ1n) is 9.52. The number of sulfone groups is 1. The monoisotopic (exact) mass is 520 g/mol. The molecular weight excluding hydrogens is 504 g/mol. The first kappa shape index (κ1) is 23.6. The Morgan fingerprint density at radius 2 is 1.88 bits per heavy atom. The van der Waals surface area contributed by atoms with E-state index in [1.807, 2.05) is 24.3 Å². The molecule has 2 aromatic rings. The van der Waals surface area contributed by atoms with Crippen molar-refractivity contribution >= 4 is 72.3 Å². The molecule has 170 valence electrons. The molecule has 33 heavy (non-hydrogen) atoms. The first-order valence-corrected chi connectivity index (χ1v) is 13.6. The number of hydrogen-bond acceptors (Lipinski definition) is 8. The van der Waals surface area contributed by atoms with Gasteiger partial charge in [-0.2, -0.15) is 10.0 Å². The van der Waals surface area contributed by atoms with Crippen LogP contribution < -0.4 is 4.74 Å². The van der Waals surface area contributed by atoms with Gasteiger partial charge in [-0.05, 0) is 59.8 Å². The first-order chi connectivity index (χ1) is 15.7. The molecule has 2 heterocycles. The molecule has 2 aromatic carbocycles. The minimum atomic E-state index is -3.57. The van der Waals surface area contributed by atoms with Crippen LogP contribution in [0.25, 0.3) is 6.08 Å². The molecule has 0 saturated heterocycles. The van der Waals surface area contributed by atoms with Gasteiger partial charge >= 0.3 is 0 Å². The van der Waals surface area contributed by atoms with Crippen LogP contribution in [0.2, 0.25) is 5.02 Å². The molecule has 0 saturated carbocycles. The summed E-state index contributed by atoms with van der Waals surface area (Å²) in [7, 11) is -3.57. The van der Waals surface area contributed by atoms with Crippen LogP contribution in [0.1, 0.15) is 5.56 Å². The second kappa shape index (κ2) is 9.72. The highest BCUT2D eigenvalue weighted by atomic mass is 35.5. The Morgan fingerprint density at radius 1 is 1.18 bits per heavy atom. The molecule has 0 unspecified atom stereocenters. The average Bonchev–Trinajstić information content (AvgIpc) is 3.21. The standard InChI is InChI=1S/C21H17ClN4O4S3/c1-33(28,29)21-25-26-18(23)17(19(27)24-20(26)32-21)12-13-2-6-15(7-3-13)30-10-11-31-16-8-4-14(22)5-9-16/h2-9,12,23H,10-11H2,1H3/b17-12-,23-18?. The van der Waals surface area contributed by atoms with Gasteiger partial charge in [0.05, 0.1) is 12.2 Å². The van der Waals surface area contributed by atoms with Gasteiger partial charge < -0.3 is 4.74 Å². The second-order valence-corrected chi connectivity index (χ2v) is 11.6. The number of carbonyl (C=O) groups is 1. The zero-order chi connectivity index (χ0) is 23.6. The van der Waals surface area contributed by atoms with E-state index in [1.165, 1.54) is 6.08 Å². The lowest BCUT2D eigenvalue weighted by molar-refractivity contribution is -0.114. The van der Waals surface area contributed by atoms with Crippen LogP contribution in [0, 0.1) is 5.41 Å². The molecule has 0 spiro atoms. The summed E-state index contributed by atoms with van der Waals surface area (Å²) in [5.41, 5.74) is 0.690. The Bertz CT molecular complexity index is 1300. The smallest absolute Gasteiger partial charge is 0.283 e. The molecule has 4 rings (SSSR count). The van der Waals surface area contributed by atoms with E-state index >= 15 is 0 Å². The molecule has 2 aliphatic rings. The second-order valence-electron chi connectivity index (χ2n) is 6.88. The molecule has 12 heteroatoms. The molecule has 8 nitrogen and oxygen atoms in total. The summed E-state index contributed by atoms with van der Waals surface area (Å²) in [6, 6.07) is 14.7. The highest BCUT2D eigenvalue weighted by Crippen LogP contribution is 2.30. The van der Waals surface area contributed by atoms with Gasteiger partial charge in [0.1, 0.15) is 5.75 Å². The van der Waals surface area contributed by atoms with Gasteiger partial charge in [-0.15, -0.1) is 16.9 Å². The quantitative estimate of drug-likeness (QED) is 0.346. The highest BCUT2D eigenvalue weighted by molar-refractivity contribution is 8.42. The van der Waals surface area contributed by atoms with E-state index < -0.39 is 15.7 Å². The van der Waals surface area contributed by atoms with Crippen molar-refractivity contribution in [3.05, 3.63) is 64.7 Å². The van der Waals surface area contributed by atoms with Crippen LogP contribution in [0.5, 0.6) is 5.75 Å². The lowest BCUT2D eigenvalue weighted by atomic mass is 10.1. The number of hydrogen-bond donors (Lipinski definition) is 1. The third kappa shape index (κ3) is 5.67. The number of nitrogens with zero attached hydrogens (tertiary/aromatic N) is 3. The normalized spacial score (nSPS) is 17.2. The van der Waals surface area contributed by atoms with E-state index in [0.29, 0.717) is 22.9 Å². The minimum absolute atomic E-state index is 0.0193. The number of amides is 1. The van der Waals surface area contributed by atoms with E-state index in [1.54, 1.807) is 36.0 Å². The van der Waals surface area contributed by atoms with Crippen molar-refractivity contribution in [2.24, 2.45) is 10.1 Å². The molecule has 1 amide bonds. The number of halogens is 1. The summed E-state index contributed by atoms with van der Waals surface area (Å²) >= 11 is 8.30. The maximum absolute atomic E-state index is 12.4. The number of carbonyl (C=O) groups excluding carboxylic acids is 1. The molecule has 0 bridgehead atoms. The third-order valence-corrected chi connectivity index (χ3v) is 8.18. The fourth-order valence-corrected chi connectivity index (χ4v) is 5.34. The van der Waals surface area contributed by atoms with Crippen molar-refractivity contribution in [2.75, 3.05) is 18.6 Å². The van der Waals surface area contributed by atoms with E-state index in [-0.39, 0.29) is 21.0 Å². The lowest BCUT2D eigenvalue weighted by Crippen LogP contribution is -2.35. The van der Waals surface area contributed by atoms with Gasteiger partial charge in [-0.3, -0.25) is 10.2 Å². The van der Waals surface area contributed by atoms with Gasteiger partial charge in [0.25, 0.3) is 5.91 Å². The maximum atomic E-state index is 12.4. The van der Waals surface area contributed by atoms with Crippen molar-refractivity contribution in [1.82, 2.24) is 5.01 Å². The van der Waals surface area contributed by atoms with E-state index in [9.17, 15) is 13.2 Å². The molecule has 0 atom stereocenters. The van der Waals surface area contributed by atoms with E-state index in [4.69, 9.17) is 21.7 Å². The number of benzene rings is 2. The molecule has 0 aliphatic carbocycles. The number of nitrogens with one attached hydrogen (secondary N) is 1. The third-order valence-electron chi connectivity index (χ3n) is 4.38. The average molecular weight is 521 g/mol. The number of rotatable bonds is 6. The summed E-state index contributed by atoms with van der Waals surface area (Å²) in [4.78, 5) is 17.4.